The molecular weight excluding hydrogens is 181 g/mol. The van der Waals surface area contributed by atoms with Crippen LogP contribution in [0.4, 0.5) is 0 Å². The molecule has 0 aliphatic carbocycles. The SMILES string of the molecule is [Li+].[Mn+2].[Mn+2].[O-]OO[O-]. The first-order valence-electron chi connectivity index (χ1n) is 0.500. The van der Waals surface area contributed by atoms with Crippen molar-refractivity contribution in [2.75, 3.05) is 0 Å². The second-order valence-corrected chi connectivity index (χ2v) is 0.136. The van der Waals surface area contributed by atoms with Gasteiger partial charge in [-0.1, -0.05) is 0 Å². The van der Waals surface area contributed by atoms with Gasteiger partial charge in [0, 0.05) is 0 Å². The zero-order valence-corrected chi connectivity index (χ0v) is 5.75. The molecule has 7 heteroatoms. The van der Waals surface area contributed by atoms with Gasteiger partial charge in [-0.25, -0.2) is 0 Å². The first kappa shape index (κ1) is 23.6. The van der Waals surface area contributed by atoms with Gasteiger partial charge in [-0.15, -0.1) is 0 Å². The molecule has 0 aromatic rings. The molecule has 0 atom stereocenters. The first-order chi connectivity index (χ1) is 1.91. The molecule has 0 heterocycles. The van der Waals surface area contributed by atoms with Crippen molar-refractivity contribution in [1.82, 2.24) is 0 Å². The van der Waals surface area contributed by atoms with Crippen LogP contribution in [0.25, 0.3) is 0 Å². The number of hydrogen-bond donors (Lipinski definition) is 0. The Morgan fingerprint density at radius 2 is 1.00 bits per heavy atom. The van der Waals surface area contributed by atoms with Gasteiger partial charge in [0.2, 0.25) is 0 Å². The Balaban J connectivity index is -0.0000000150. The molecule has 0 unspecified atom stereocenters. The molecule has 0 aromatic heterocycles. The van der Waals surface area contributed by atoms with Crippen molar-refractivity contribution in [2.24, 2.45) is 0 Å². The third-order valence-corrected chi connectivity index (χ3v) is 0.0278. The average molecular weight is 181 g/mol. The van der Waals surface area contributed by atoms with Crippen LogP contribution in [0.15, 0.2) is 0 Å². The smallest absolute Gasteiger partial charge is 0.693 e. The van der Waals surface area contributed by atoms with E-state index in [2.05, 4.69) is 10.1 Å². The molecule has 4 nitrogen and oxygen atoms in total. The Morgan fingerprint density at radius 1 is 0.857 bits per heavy atom. The van der Waals surface area contributed by atoms with E-state index in [-0.39, 0.29) is 53.0 Å². The van der Waals surface area contributed by atoms with Gasteiger partial charge in [-0.2, -0.15) is 0 Å². The third-order valence-electron chi connectivity index (χ3n) is 0.0278. The Bertz CT molecular complexity index is 11.7. The fourth-order valence-corrected chi connectivity index (χ4v) is 0. The molecule has 36 valence electrons. The maximum atomic E-state index is 8.26. The van der Waals surface area contributed by atoms with E-state index in [0.717, 1.165) is 0 Å². The summed E-state index contributed by atoms with van der Waals surface area (Å²) in [4.78, 5) is 0. The van der Waals surface area contributed by atoms with E-state index in [4.69, 9.17) is 10.5 Å². The average Bonchev–Trinajstić information content (AvgIpc) is 1.37. The fraction of sp³-hybridized carbons (Fsp3) is 0. The number of rotatable bonds is 1. The first-order valence-corrected chi connectivity index (χ1v) is 0.500. The van der Waals surface area contributed by atoms with Crippen LogP contribution in [0, 0.1) is 0 Å². The second kappa shape index (κ2) is 25.9. The Hall–Kier alpha value is 1.48. The number of hydrogen-bond acceptors (Lipinski definition) is 4. The van der Waals surface area contributed by atoms with E-state index in [1.807, 2.05) is 0 Å². The summed E-state index contributed by atoms with van der Waals surface area (Å²) in [6.45, 7) is 0. The summed E-state index contributed by atoms with van der Waals surface area (Å²) < 4.78 is 0. The van der Waals surface area contributed by atoms with E-state index in [9.17, 15) is 0 Å². The van der Waals surface area contributed by atoms with Gasteiger partial charge >= 0.3 is 53.0 Å². The zero-order valence-electron chi connectivity index (χ0n) is 3.39. The van der Waals surface area contributed by atoms with Crippen molar-refractivity contribution in [3.63, 3.8) is 0 Å². The van der Waals surface area contributed by atoms with Crippen molar-refractivity contribution in [2.45, 2.75) is 0 Å². The molecular formula is LiMn2O4+3. The van der Waals surface area contributed by atoms with Crippen molar-refractivity contribution in [3.05, 3.63) is 0 Å². The molecule has 7 heavy (non-hydrogen) atoms. The fourth-order valence-electron chi connectivity index (χ4n) is 0. The molecule has 0 N–H and O–H groups in total. The molecule has 0 amide bonds. The minimum absolute atomic E-state index is 0. The van der Waals surface area contributed by atoms with Crippen LogP contribution in [0.2, 0.25) is 0 Å². The van der Waals surface area contributed by atoms with Crippen LogP contribution >= 0.6 is 0 Å². The normalized spacial score (nSPS) is 4.29. The molecule has 0 saturated carbocycles. The topological polar surface area (TPSA) is 64.6 Å². The third kappa shape index (κ3) is 36.6. The summed E-state index contributed by atoms with van der Waals surface area (Å²) >= 11 is 0. The molecule has 0 rings (SSSR count). The van der Waals surface area contributed by atoms with Crippen molar-refractivity contribution in [3.8, 4) is 0 Å². The molecule has 0 spiro atoms. The van der Waals surface area contributed by atoms with Crippen LogP contribution in [-0.2, 0) is 44.2 Å². The van der Waals surface area contributed by atoms with E-state index in [1.54, 1.807) is 0 Å². The molecule has 0 aliphatic rings. The predicted molar refractivity (Wildman–Crippen MR) is 2.17 cm³/mol. The van der Waals surface area contributed by atoms with Crippen LogP contribution < -0.4 is 29.4 Å². The van der Waals surface area contributed by atoms with Crippen LogP contribution in [-0.4, -0.2) is 0 Å². The molecule has 0 saturated heterocycles. The Morgan fingerprint density at radius 3 is 1.00 bits per heavy atom. The standard InChI is InChI=1S/Li.2Mn.H2O4/c;;;1-3-4-2/h;;;1-2H/q+1;2*+2;/p-2. The predicted octanol–water partition coefficient (Wildman–Crippen LogP) is -5.52. The van der Waals surface area contributed by atoms with E-state index >= 15 is 0 Å². The molecule has 0 aliphatic heterocycles. The van der Waals surface area contributed by atoms with Crippen LogP contribution in [0.1, 0.15) is 0 Å². The second-order valence-electron chi connectivity index (χ2n) is 0.136. The van der Waals surface area contributed by atoms with Gasteiger partial charge in [0.15, 0.2) is 0 Å². The van der Waals surface area contributed by atoms with Gasteiger partial charge in [0.1, 0.15) is 0 Å². The minimum atomic E-state index is 0. The minimum Gasteiger partial charge on any atom is -0.693 e. The maximum Gasteiger partial charge on any atom is 2.00 e. The van der Waals surface area contributed by atoms with Crippen molar-refractivity contribution < 1.29 is 73.6 Å². The molecule has 0 bridgehead atoms. The van der Waals surface area contributed by atoms with Crippen molar-refractivity contribution in [1.29, 1.82) is 0 Å². The van der Waals surface area contributed by atoms with Gasteiger partial charge in [0.05, 0.1) is 0 Å². The van der Waals surface area contributed by atoms with Gasteiger partial charge < -0.3 is 20.6 Å². The van der Waals surface area contributed by atoms with Crippen molar-refractivity contribution >= 4 is 0 Å². The monoisotopic (exact) mass is 181 g/mol. The van der Waals surface area contributed by atoms with E-state index in [0.29, 0.717) is 0 Å². The Labute approximate surface area is 73.5 Å². The van der Waals surface area contributed by atoms with E-state index < -0.39 is 0 Å². The molecule has 2 radical (unpaired) electrons. The van der Waals surface area contributed by atoms with Crippen LogP contribution in [0.5, 0.6) is 0 Å². The van der Waals surface area contributed by atoms with Gasteiger partial charge in [-0.3, -0.25) is 0 Å². The van der Waals surface area contributed by atoms with E-state index in [1.165, 1.54) is 0 Å². The largest absolute Gasteiger partial charge is 2.00 e. The summed E-state index contributed by atoms with van der Waals surface area (Å²) in [5.74, 6) is 0. The summed E-state index contributed by atoms with van der Waals surface area (Å²) in [5.41, 5.74) is 0. The zero-order chi connectivity index (χ0) is 3.41. The maximum absolute atomic E-state index is 8.26. The van der Waals surface area contributed by atoms with Gasteiger partial charge in [-0.05, 0) is 0 Å². The summed E-state index contributed by atoms with van der Waals surface area (Å²) in [6.07, 6.45) is 0. The molecule has 0 fully saturated rings. The molecule has 0 aromatic carbocycles. The van der Waals surface area contributed by atoms with Crippen LogP contribution in [0.3, 0.4) is 0 Å². The Kier molecular flexibility index (Phi) is 87.6. The summed E-state index contributed by atoms with van der Waals surface area (Å²) in [7, 11) is 0. The quantitative estimate of drug-likeness (QED) is 0.230. The van der Waals surface area contributed by atoms with Gasteiger partial charge in [0.25, 0.3) is 0 Å². The summed E-state index contributed by atoms with van der Waals surface area (Å²) in [5, 5.41) is 21.0. The summed E-state index contributed by atoms with van der Waals surface area (Å²) in [6, 6.07) is 0.